The van der Waals surface area contributed by atoms with Crippen LogP contribution in [0, 0.1) is 17.8 Å². The molecule has 0 bridgehead atoms. The topological polar surface area (TPSA) is 47.6 Å². The lowest BCUT2D eigenvalue weighted by atomic mass is 9.84. The number of carbonyl (C=O) groups excluding carboxylic acids is 1. The number of amides is 1. The molecule has 56 heavy (non-hydrogen) atoms. The predicted molar refractivity (Wildman–Crippen MR) is 246 cm³/mol. The summed E-state index contributed by atoms with van der Waals surface area (Å²) in [6.45, 7) is 14.2. The van der Waals surface area contributed by atoms with Crippen LogP contribution >= 0.6 is 0 Å². The largest absolute Gasteiger partial charge is 0.350 e. The van der Waals surface area contributed by atoms with Gasteiger partial charge in [-0.2, -0.15) is 0 Å². The summed E-state index contributed by atoms with van der Waals surface area (Å²) in [5.41, 5.74) is 0. The Bertz CT molecular complexity index is 901. The standard InChI is InChI=1S/C52H99NO3/c1-7-10-12-14-16-18-20-22-23-24-25-26-27-28-29-31-33-35-37-39-41-43-51(54)53-49(45-55-52-44-47(5)48(6)50(9-3)56-52)46(4)42-40-38-36-34-32-30-21-19-17-15-13-11-8-2/h22-23,40,42,46-50,52H,7-21,24-39,41,43-45H2,1-6H3,(H,53,54)/b23-22+,42-40+/t46-,47?,48?,49+,50?,52?/m1/s1. The molecule has 6 atom stereocenters. The fourth-order valence-electron chi connectivity index (χ4n) is 8.44. The number of nitrogens with one attached hydrogen (secondary N) is 1. The number of carbonyl (C=O) groups is 1. The summed E-state index contributed by atoms with van der Waals surface area (Å²) in [4.78, 5) is 13.2. The first-order chi connectivity index (χ1) is 27.4. The Morgan fingerprint density at radius 2 is 1.02 bits per heavy atom. The van der Waals surface area contributed by atoms with Gasteiger partial charge in [0, 0.05) is 12.8 Å². The molecule has 4 unspecified atom stereocenters. The number of hydrogen-bond donors (Lipinski definition) is 1. The van der Waals surface area contributed by atoms with Crippen molar-refractivity contribution >= 4 is 5.91 Å². The summed E-state index contributed by atoms with van der Waals surface area (Å²) in [6.07, 6.45) is 53.7. The van der Waals surface area contributed by atoms with Crippen LogP contribution < -0.4 is 5.32 Å². The van der Waals surface area contributed by atoms with Crippen molar-refractivity contribution in [2.75, 3.05) is 6.61 Å². The van der Waals surface area contributed by atoms with Crippen molar-refractivity contribution in [3.05, 3.63) is 24.3 Å². The molecule has 1 aliphatic rings. The molecule has 0 radical (unpaired) electrons. The van der Waals surface area contributed by atoms with Gasteiger partial charge in [-0.05, 0) is 69.1 Å². The van der Waals surface area contributed by atoms with E-state index in [9.17, 15) is 4.79 Å². The zero-order chi connectivity index (χ0) is 40.7. The molecule has 0 aromatic heterocycles. The second-order valence-electron chi connectivity index (χ2n) is 18.2. The third kappa shape index (κ3) is 30.9. The Hall–Kier alpha value is -1.13. The van der Waals surface area contributed by atoms with Crippen LogP contribution in [0.25, 0.3) is 0 Å². The second kappa shape index (κ2) is 39.3. The Kier molecular flexibility index (Phi) is 37.2. The first-order valence-electron chi connectivity index (χ1n) is 25.3. The third-order valence-electron chi connectivity index (χ3n) is 12.8. The van der Waals surface area contributed by atoms with E-state index >= 15 is 0 Å². The highest BCUT2D eigenvalue weighted by atomic mass is 16.7. The fourth-order valence-corrected chi connectivity index (χ4v) is 8.44. The van der Waals surface area contributed by atoms with Crippen molar-refractivity contribution in [3.63, 3.8) is 0 Å². The molecule has 330 valence electrons. The molecular weight excluding hydrogens is 687 g/mol. The van der Waals surface area contributed by atoms with Gasteiger partial charge in [-0.1, -0.05) is 220 Å². The van der Waals surface area contributed by atoms with Gasteiger partial charge in [0.05, 0.1) is 18.8 Å². The van der Waals surface area contributed by atoms with Gasteiger partial charge < -0.3 is 14.8 Å². The van der Waals surface area contributed by atoms with Gasteiger partial charge in [0.25, 0.3) is 0 Å². The average molecular weight is 786 g/mol. The number of rotatable bonds is 40. The van der Waals surface area contributed by atoms with E-state index in [1.165, 1.54) is 180 Å². The molecule has 1 N–H and O–H groups in total. The zero-order valence-electron chi connectivity index (χ0n) is 38.7. The van der Waals surface area contributed by atoms with Crippen LogP contribution in [0.15, 0.2) is 24.3 Å². The number of hydrogen-bond acceptors (Lipinski definition) is 3. The monoisotopic (exact) mass is 786 g/mol. The maximum Gasteiger partial charge on any atom is 0.220 e. The molecule has 1 aliphatic heterocycles. The van der Waals surface area contributed by atoms with Gasteiger partial charge in [0.15, 0.2) is 6.29 Å². The minimum Gasteiger partial charge on any atom is -0.350 e. The quantitative estimate of drug-likeness (QED) is 0.0497. The van der Waals surface area contributed by atoms with Gasteiger partial charge in [-0.25, -0.2) is 0 Å². The van der Waals surface area contributed by atoms with E-state index in [0.717, 1.165) is 32.1 Å². The van der Waals surface area contributed by atoms with E-state index in [1.807, 2.05) is 0 Å². The minimum absolute atomic E-state index is 0.0271. The molecule has 1 fully saturated rings. The summed E-state index contributed by atoms with van der Waals surface area (Å²) < 4.78 is 12.8. The lowest BCUT2D eigenvalue weighted by Crippen LogP contribution is -2.45. The van der Waals surface area contributed by atoms with Crippen molar-refractivity contribution in [3.8, 4) is 0 Å². The number of ether oxygens (including phenoxy) is 2. The molecule has 4 nitrogen and oxygen atoms in total. The molecule has 0 spiro atoms. The first kappa shape index (κ1) is 52.9. The molecule has 0 aromatic rings. The fraction of sp³-hybridized carbons (Fsp3) is 0.904. The third-order valence-corrected chi connectivity index (χ3v) is 12.8. The summed E-state index contributed by atoms with van der Waals surface area (Å²) in [7, 11) is 0. The van der Waals surface area contributed by atoms with Crippen molar-refractivity contribution in [1.29, 1.82) is 0 Å². The highest BCUT2D eigenvalue weighted by molar-refractivity contribution is 5.76. The first-order valence-corrected chi connectivity index (χ1v) is 25.3. The maximum atomic E-state index is 13.2. The normalized spacial score (nSPS) is 20.0. The van der Waals surface area contributed by atoms with Crippen LogP contribution in [-0.2, 0) is 14.3 Å². The van der Waals surface area contributed by atoms with Crippen LogP contribution in [0.4, 0.5) is 0 Å². The summed E-state index contributed by atoms with van der Waals surface area (Å²) in [6, 6.07) is -0.0271. The average Bonchev–Trinajstić information content (AvgIpc) is 3.19. The van der Waals surface area contributed by atoms with Crippen molar-refractivity contribution in [2.45, 2.75) is 278 Å². The Morgan fingerprint density at radius 3 is 1.46 bits per heavy atom. The molecule has 0 aromatic carbocycles. The molecule has 1 amide bonds. The highest BCUT2D eigenvalue weighted by Crippen LogP contribution is 2.32. The van der Waals surface area contributed by atoms with Crippen LogP contribution in [0.2, 0.25) is 0 Å². The van der Waals surface area contributed by atoms with Gasteiger partial charge >= 0.3 is 0 Å². The van der Waals surface area contributed by atoms with E-state index in [2.05, 4.69) is 71.2 Å². The van der Waals surface area contributed by atoms with Crippen molar-refractivity contribution in [1.82, 2.24) is 5.32 Å². The van der Waals surface area contributed by atoms with E-state index < -0.39 is 0 Å². The predicted octanol–water partition coefficient (Wildman–Crippen LogP) is 16.6. The maximum absolute atomic E-state index is 13.2. The van der Waals surface area contributed by atoms with Gasteiger partial charge in [0.2, 0.25) is 5.91 Å². The molecule has 0 aliphatic carbocycles. The van der Waals surface area contributed by atoms with E-state index in [-0.39, 0.29) is 30.3 Å². The summed E-state index contributed by atoms with van der Waals surface area (Å²) in [5, 5.41) is 3.39. The highest BCUT2D eigenvalue weighted by Gasteiger charge is 2.33. The van der Waals surface area contributed by atoms with Gasteiger partial charge in [-0.3, -0.25) is 4.79 Å². The SMILES string of the molecule is CCCCCCCC/C=C/CCCCCCCCCCCCCC(=O)N[C@@H](COC1CC(C)C(C)C(CC)O1)[C@H](C)/C=C/CCCCCCCCCCCCC. The van der Waals surface area contributed by atoms with Gasteiger partial charge in [0.1, 0.15) is 0 Å². The van der Waals surface area contributed by atoms with Crippen molar-refractivity contribution < 1.29 is 14.3 Å². The van der Waals surface area contributed by atoms with Crippen LogP contribution in [0.3, 0.4) is 0 Å². The summed E-state index contributed by atoms with van der Waals surface area (Å²) in [5.74, 6) is 1.54. The molecule has 4 heteroatoms. The van der Waals surface area contributed by atoms with Crippen LogP contribution in [0.1, 0.15) is 260 Å². The lowest BCUT2D eigenvalue weighted by Gasteiger charge is -2.39. The van der Waals surface area contributed by atoms with Gasteiger partial charge in [-0.15, -0.1) is 0 Å². The van der Waals surface area contributed by atoms with E-state index in [0.29, 0.717) is 24.9 Å². The number of unbranched alkanes of at least 4 members (excludes halogenated alkanes) is 28. The second-order valence-corrected chi connectivity index (χ2v) is 18.2. The Morgan fingerprint density at radius 1 is 0.607 bits per heavy atom. The smallest absolute Gasteiger partial charge is 0.220 e. The molecule has 1 saturated heterocycles. The number of allylic oxidation sites excluding steroid dienone is 3. The minimum atomic E-state index is -0.176. The molecular formula is C52H99NO3. The zero-order valence-corrected chi connectivity index (χ0v) is 38.7. The van der Waals surface area contributed by atoms with Crippen LogP contribution in [0.5, 0.6) is 0 Å². The molecule has 1 heterocycles. The molecule has 0 saturated carbocycles. The summed E-state index contributed by atoms with van der Waals surface area (Å²) >= 11 is 0. The van der Waals surface area contributed by atoms with E-state index in [4.69, 9.17) is 9.47 Å². The lowest BCUT2D eigenvalue weighted by molar-refractivity contribution is -0.224. The van der Waals surface area contributed by atoms with E-state index in [1.54, 1.807) is 0 Å². The Balaban J connectivity index is 2.25. The molecule has 1 rings (SSSR count). The van der Waals surface area contributed by atoms with Crippen LogP contribution in [-0.4, -0.2) is 30.9 Å². The van der Waals surface area contributed by atoms with Crippen molar-refractivity contribution in [2.24, 2.45) is 17.8 Å². The Labute approximate surface area is 351 Å².